The highest BCUT2D eigenvalue weighted by Crippen LogP contribution is 2.17. The zero-order chi connectivity index (χ0) is 16.4. The number of hydrogen-bond donors (Lipinski definition) is 0. The summed E-state index contributed by atoms with van der Waals surface area (Å²) >= 11 is 1.47. The van der Waals surface area contributed by atoms with Gasteiger partial charge in [0.05, 0.1) is 11.8 Å². The van der Waals surface area contributed by atoms with Gasteiger partial charge in [-0.05, 0) is 34.7 Å². The van der Waals surface area contributed by atoms with E-state index in [1.807, 2.05) is 30.3 Å². The van der Waals surface area contributed by atoms with Crippen molar-refractivity contribution in [3.05, 3.63) is 59.0 Å². The third-order valence-electron chi connectivity index (χ3n) is 3.50. The van der Waals surface area contributed by atoms with Crippen LogP contribution in [0, 0.1) is 0 Å². The number of hydrogen-bond acceptors (Lipinski definition) is 7. The number of aryl methyl sites for hydroxylation is 1. The lowest BCUT2D eigenvalue weighted by Gasteiger charge is -2.03. The number of aromatic nitrogens is 5. The van der Waals surface area contributed by atoms with E-state index in [-0.39, 0.29) is 5.76 Å². The van der Waals surface area contributed by atoms with Crippen molar-refractivity contribution < 1.29 is 8.83 Å². The fourth-order valence-corrected chi connectivity index (χ4v) is 3.20. The van der Waals surface area contributed by atoms with Gasteiger partial charge in [0.25, 0.3) is 0 Å². The molecule has 1 aromatic carbocycles. The molecule has 0 aliphatic carbocycles. The van der Waals surface area contributed by atoms with Gasteiger partial charge in [0.15, 0.2) is 5.58 Å². The number of oxazole rings is 1. The highest BCUT2D eigenvalue weighted by Gasteiger charge is 2.11. The molecule has 0 radical (unpaired) electrons. The number of benzene rings is 1. The quantitative estimate of drug-likeness (QED) is 0.494. The number of thioether (sulfide) groups is 1. The van der Waals surface area contributed by atoms with E-state index < -0.39 is 0 Å². The van der Waals surface area contributed by atoms with Crippen LogP contribution in [0.1, 0.15) is 5.76 Å². The van der Waals surface area contributed by atoms with Crippen LogP contribution in [0.5, 0.6) is 0 Å². The maximum Gasteiger partial charge on any atom is 0.419 e. The number of nitrogens with zero attached hydrogens (tertiary/aromatic N) is 5. The van der Waals surface area contributed by atoms with Gasteiger partial charge in [0, 0.05) is 12.3 Å². The number of fused-ring (bicyclic) bond motifs is 1. The fourth-order valence-electron chi connectivity index (χ4n) is 2.40. The molecule has 0 amide bonds. The highest BCUT2D eigenvalue weighted by atomic mass is 32.2. The monoisotopic (exact) mass is 343 g/mol. The van der Waals surface area contributed by atoms with E-state index in [4.69, 9.17) is 8.83 Å². The lowest BCUT2D eigenvalue weighted by Crippen LogP contribution is -2.15. The average Bonchev–Trinajstić information content (AvgIpc) is 3.30. The van der Waals surface area contributed by atoms with Crippen molar-refractivity contribution in [3.8, 4) is 0 Å². The van der Waals surface area contributed by atoms with Gasteiger partial charge in [-0.2, -0.15) is 0 Å². The molecule has 4 aromatic rings. The molecule has 24 heavy (non-hydrogen) atoms. The molecule has 8 nitrogen and oxygen atoms in total. The van der Waals surface area contributed by atoms with Crippen LogP contribution < -0.4 is 5.76 Å². The predicted octanol–water partition coefficient (Wildman–Crippen LogP) is 2.01. The summed E-state index contributed by atoms with van der Waals surface area (Å²) in [6.07, 6.45) is 1.61. The van der Waals surface area contributed by atoms with Crippen molar-refractivity contribution >= 4 is 22.9 Å². The molecule has 0 aliphatic heterocycles. The Labute approximate surface area is 140 Å². The fraction of sp³-hybridized carbons (Fsp3) is 0.200. The summed E-state index contributed by atoms with van der Waals surface area (Å²) < 4.78 is 13.8. The lowest BCUT2D eigenvalue weighted by molar-refractivity contribution is 0.462. The molecule has 0 unspecified atom stereocenters. The van der Waals surface area contributed by atoms with Gasteiger partial charge in [0.2, 0.25) is 5.16 Å². The molecule has 0 atom stereocenters. The Balaban J connectivity index is 1.45. The third-order valence-corrected chi connectivity index (χ3v) is 4.44. The average molecular weight is 343 g/mol. The molecule has 0 N–H and O–H groups in total. The van der Waals surface area contributed by atoms with E-state index in [1.54, 1.807) is 21.6 Å². The largest absolute Gasteiger partial charge is 0.467 e. The van der Waals surface area contributed by atoms with Crippen molar-refractivity contribution in [2.45, 2.75) is 18.2 Å². The number of tetrazole rings is 1. The Morgan fingerprint density at radius 2 is 2.08 bits per heavy atom. The van der Waals surface area contributed by atoms with Crippen LogP contribution in [0.4, 0.5) is 0 Å². The molecule has 4 rings (SSSR count). The van der Waals surface area contributed by atoms with Crippen LogP contribution in [-0.4, -0.2) is 30.5 Å². The molecule has 9 heteroatoms. The first kappa shape index (κ1) is 14.8. The van der Waals surface area contributed by atoms with Crippen molar-refractivity contribution in [1.29, 1.82) is 0 Å². The number of rotatable bonds is 6. The minimum Gasteiger partial charge on any atom is -0.467 e. The predicted molar refractivity (Wildman–Crippen MR) is 86.8 cm³/mol. The van der Waals surface area contributed by atoms with Gasteiger partial charge in [-0.3, -0.25) is 4.57 Å². The minimum absolute atomic E-state index is 0.355. The molecular formula is C15H13N5O3S. The van der Waals surface area contributed by atoms with Crippen LogP contribution in [-0.2, 0) is 13.1 Å². The summed E-state index contributed by atoms with van der Waals surface area (Å²) in [5.41, 5.74) is 1.38. The van der Waals surface area contributed by atoms with Gasteiger partial charge >= 0.3 is 5.76 Å². The van der Waals surface area contributed by atoms with Crippen LogP contribution >= 0.6 is 11.8 Å². The van der Waals surface area contributed by atoms with Crippen LogP contribution in [0.15, 0.2) is 61.4 Å². The van der Waals surface area contributed by atoms with Crippen molar-refractivity contribution in [2.75, 3.05) is 5.75 Å². The van der Waals surface area contributed by atoms with Crippen LogP contribution in [0.2, 0.25) is 0 Å². The van der Waals surface area contributed by atoms with Crippen molar-refractivity contribution in [2.24, 2.45) is 0 Å². The van der Waals surface area contributed by atoms with Crippen molar-refractivity contribution in [1.82, 2.24) is 24.8 Å². The summed E-state index contributed by atoms with van der Waals surface area (Å²) in [5, 5.41) is 12.3. The van der Waals surface area contributed by atoms with E-state index in [9.17, 15) is 4.79 Å². The van der Waals surface area contributed by atoms with Gasteiger partial charge in [-0.25, -0.2) is 9.48 Å². The Morgan fingerprint density at radius 1 is 1.17 bits per heavy atom. The molecule has 0 bridgehead atoms. The smallest absolute Gasteiger partial charge is 0.419 e. The first-order valence-corrected chi connectivity index (χ1v) is 8.29. The summed E-state index contributed by atoms with van der Waals surface area (Å²) in [6.45, 7) is 0.977. The second-order valence-corrected chi connectivity index (χ2v) is 6.10. The molecule has 0 saturated carbocycles. The number of furan rings is 1. The highest BCUT2D eigenvalue weighted by molar-refractivity contribution is 7.99. The summed E-state index contributed by atoms with van der Waals surface area (Å²) in [7, 11) is 0. The SMILES string of the molecule is O=c1oc2ccccc2n1CCSc1nnnn1Cc1ccco1. The van der Waals surface area contributed by atoms with Gasteiger partial charge in [-0.1, -0.05) is 23.9 Å². The molecule has 0 fully saturated rings. The third kappa shape index (κ3) is 2.85. The summed E-state index contributed by atoms with van der Waals surface area (Å²) in [4.78, 5) is 11.9. The Bertz CT molecular complexity index is 1000. The van der Waals surface area contributed by atoms with Crippen molar-refractivity contribution in [3.63, 3.8) is 0 Å². The molecule has 0 aliphatic rings. The Morgan fingerprint density at radius 3 is 2.96 bits per heavy atom. The molecule has 0 spiro atoms. The first-order chi connectivity index (χ1) is 11.8. The molecule has 3 heterocycles. The molecule has 122 valence electrons. The molecule has 0 saturated heterocycles. The van der Waals surface area contributed by atoms with Gasteiger partial charge in [-0.15, -0.1) is 5.10 Å². The van der Waals surface area contributed by atoms with E-state index in [0.29, 0.717) is 29.6 Å². The Hall–Kier alpha value is -2.81. The summed E-state index contributed by atoms with van der Waals surface area (Å²) in [6, 6.07) is 11.1. The standard InChI is InChI=1S/C15H13N5O3S/c21-15-19(12-5-1-2-6-13(12)23-15)7-9-24-14-16-17-18-20(14)10-11-4-3-8-22-11/h1-6,8H,7,9-10H2. The molecular weight excluding hydrogens is 330 g/mol. The van der Waals surface area contributed by atoms with E-state index in [0.717, 1.165) is 11.3 Å². The van der Waals surface area contributed by atoms with Gasteiger partial charge < -0.3 is 8.83 Å². The zero-order valence-corrected chi connectivity index (χ0v) is 13.3. The van der Waals surface area contributed by atoms with Gasteiger partial charge in [0.1, 0.15) is 12.3 Å². The Kier molecular flexibility index (Phi) is 3.91. The maximum absolute atomic E-state index is 11.9. The topological polar surface area (TPSA) is 91.9 Å². The zero-order valence-electron chi connectivity index (χ0n) is 12.5. The molecule has 3 aromatic heterocycles. The second kappa shape index (κ2) is 6.36. The minimum atomic E-state index is -0.355. The first-order valence-electron chi connectivity index (χ1n) is 7.31. The lowest BCUT2D eigenvalue weighted by atomic mass is 10.3. The van der Waals surface area contributed by atoms with Crippen LogP contribution in [0.3, 0.4) is 0 Å². The van der Waals surface area contributed by atoms with E-state index >= 15 is 0 Å². The van der Waals surface area contributed by atoms with Crippen LogP contribution in [0.25, 0.3) is 11.1 Å². The normalized spacial score (nSPS) is 11.3. The van der Waals surface area contributed by atoms with E-state index in [2.05, 4.69) is 15.5 Å². The number of para-hydroxylation sites is 2. The second-order valence-electron chi connectivity index (χ2n) is 5.03. The summed E-state index contributed by atoms with van der Waals surface area (Å²) in [5.74, 6) is 1.07. The van der Waals surface area contributed by atoms with E-state index in [1.165, 1.54) is 11.8 Å². The maximum atomic E-state index is 11.9.